The number of amides is 2. The second-order valence-corrected chi connectivity index (χ2v) is 8.63. The van der Waals surface area contributed by atoms with Gasteiger partial charge >= 0.3 is 6.18 Å². The van der Waals surface area contributed by atoms with Crippen LogP contribution in [0.2, 0.25) is 0 Å². The maximum absolute atomic E-state index is 12.8. The summed E-state index contributed by atoms with van der Waals surface area (Å²) in [5.74, 6) is 1.58. The number of carbonyl (C=O) groups is 2. The number of carbonyl (C=O) groups excluding carboxylic acids is 2. The summed E-state index contributed by atoms with van der Waals surface area (Å²) in [5, 5.41) is 2.78. The van der Waals surface area contributed by atoms with Crippen molar-refractivity contribution in [3.05, 3.63) is 34.2 Å². The molecule has 0 bridgehead atoms. The van der Waals surface area contributed by atoms with Crippen LogP contribution in [0.3, 0.4) is 0 Å². The van der Waals surface area contributed by atoms with E-state index in [1.54, 1.807) is 0 Å². The molecule has 0 spiro atoms. The SMILES string of the molecule is O=C(Cn1cccc(C(F)(F)F)c1=O)NC1CCC(C(=O)N2CCSCC2)CC1. The molecule has 10 heteroatoms. The van der Waals surface area contributed by atoms with Crippen molar-refractivity contribution in [1.29, 1.82) is 0 Å². The van der Waals surface area contributed by atoms with Gasteiger partial charge in [0.25, 0.3) is 5.56 Å². The van der Waals surface area contributed by atoms with Gasteiger partial charge in [-0.2, -0.15) is 24.9 Å². The molecule has 1 N–H and O–H groups in total. The first kappa shape index (κ1) is 21.7. The fourth-order valence-electron chi connectivity index (χ4n) is 3.83. The molecule has 3 rings (SSSR count). The highest BCUT2D eigenvalue weighted by molar-refractivity contribution is 7.99. The van der Waals surface area contributed by atoms with E-state index in [4.69, 9.17) is 0 Å². The van der Waals surface area contributed by atoms with Crippen molar-refractivity contribution in [3.63, 3.8) is 0 Å². The number of thioether (sulfide) groups is 1. The number of halogens is 3. The van der Waals surface area contributed by atoms with E-state index >= 15 is 0 Å². The van der Waals surface area contributed by atoms with Gasteiger partial charge in [0.1, 0.15) is 12.1 Å². The van der Waals surface area contributed by atoms with E-state index < -0.39 is 29.8 Å². The van der Waals surface area contributed by atoms with E-state index in [1.165, 1.54) is 6.20 Å². The Morgan fingerprint density at radius 1 is 1.14 bits per heavy atom. The molecule has 0 radical (unpaired) electrons. The topological polar surface area (TPSA) is 71.4 Å². The summed E-state index contributed by atoms with van der Waals surface area (Å²) in [4.78, 5) is 38.6. The van der Waals surface area contributed by atoms with Crippen LogP contribution in [0.5, 0.6) is 0 Å². The number of alkyl halides is 3. The molecule has 2 amide bonds. The molecule has 0 atom stereocenters. The third-order valence-electron chi connectivity index (χ3n) is 5.40. The average molecular weight is 431 g/mol. The van der Waals surface area contributed by atoms with E-state index in [1.807, 2.05) is 16.7 Å². The number of hydrogen-bond donors (Lipinski definition) is 1. The van der Waals surface area contributed by atoms with E-state index in [0.717, 1.165) is 35.2 Å². The molecule has 0 unspecified atom stereocenters. The molecular formula is C19H24F3N3O3S. The van der Waals surface area contributed by atoms with Gasteiger partial charge in [-0.3, -0.25) is 14.4 Å². The van der Waals surface area contributed by atoms with E-state index in [0.29, 0.717) is 31.7 Å². The molecule has 1 aliphatic carbocycles. The quantitative estimate of drug-likeness (QED) is 0.793. The molecule has 1 saturated heterocycles. The Balaban J connectivity index is 1.50. The van der Waals surface area contributed by atoms with E-state index in [9.17, 15) is 27.6 Å². The second-order valence-electron chi connectivity index (χ2n) is 7.41. The number of nitrogens with zero attached hydrogens (tertiary/aromatic N) is 2. The van der Waals surface area contributed by atoms with Gasteiger partial charge in [0.05, 0.1) is 0 Å². The maximum Gasteiger partial charge on any atom is 0.421 e. The van der Waals surface area contributed by atoms with Gasteiger partial charge in [0.2, 0.25) is 11.8 Å². The molecule has 160 valence electrons. The van der Waals surface area contributed by atoms with Crippen LogP contribution in [0.1, 0.15) is 31.2 Å². The zero-order valence-electron chi connectivity index (χ0n) is 15.9. The first-order valence-corrected chi connectivity index (χ1v) is 10.8. The average Bonchev–Trinajstić information content (AvgIpc) is 2.69. The predicted molar refractivity (Wildman–Crippen MR) is 103 cm³/mol. The lowest BCUT2D eigenvalue weighted by Gasteiger charge is -2.34. The number of rotatable bonds is 4. The Labute approximate surface area is 170 Å². The molecule has 1 aromatic rings. The fourth-order valence-corrected chi connectivity index (χ4v) is 4.73. The first-order chi connectivity index (χ1) is 13.8. The Bertz CT molecular complexity index is 798. The highest BCUT2D eigenvalue weighted by Gasteiger charge is 2.34. The molecule has 1 aliphatic heterocycles. The minimum atomic E-state index is -4.76. The van der Waals surface area contributed by atoms with Crippen molar-refractivity contribution >= 4 is 23.6 Å². The minimum Gasteiger partial charge on any atom is -0.352 e. The molecule has 2 heterocycles. The van der Waals surface area contributed by atoms with Crippen LogP contribution in [0.25, 0.3) is 0 Å². The van der Waals surface area contributed by atoms with Crippen LogP contribution >= 0.6 is 11.8 Å². The van der Waals surface area contributed by atoms with Crippen molar-refractivity contribution in [2.45, 2.75) is 44.4 Å². The third-order valence-corrected chi connectivity index (χ3v) is 6.35. The van der Waals surface area contributed by atoms with Crippen LogP contribution in [-0.4, -0.2) is 51.9 Å². The Kier molecular flexibility index (Phi) is 6.92. The molecule has 6 nitrogen and oxygen atoms in total. The van der Waals surface area contributed by atoms with E-state index in [-0.39, 0.29) is 17.9 Å². The van der Waals surface area contributed by atoms with Crippen LogP contribution in [0.15, 0.2) is 23.1 Å². The summed E-state index contributed by atoms with van der Waals surface area (Å²) in [7, 11) is 0. The largest absolute Gasteiger partial charge is 0.421 e. The molecular weight excluding hydrogens is 407 g/mol. The van der Waals surface area contributed by atoms with Crippen LogP contribution in [-0.2, 0) is 22.3 Å². The number of aromatic nitrogens is 1. The van der Waals surface area contributed by atoms with Crippen molar-refractivity contribution in [2.75, 3.05) is 24.6 Å². The molecule has 0 aromatic carbocycles. The van der Waals surface area contributed by atoms with Gasteiger partial charge in [0, 0.05) is 42.8 Å². The van der Waals surface area contributed by atoms with Crippen molar-refractivity contribution in [1.82, 2.24) is 14.8 Å². The Hall–Kier alpha value is -1.97. The lowest BCUT2D eigenvalue weighted by molar-refractivity contribution is -0.139. The van der Waals surface area contributed by atoms with Gasteiger partial charge in [-0.05, 0) is 37.8 Å². The number of pyridine rings is 1. The first-order valence-electron chi connectivity index (χ1n) is 9.68. The summed E-state index contributed by atoms with van der Waals surface area (Å²) in [6, 6.07) is 1.67. The third kappa shape index (κ3) is 5.55. The Morgan fingerprint density at radius 3 is 2.41 bits per heavy atom. The zero-order chi connectivity index (χ0) is 21.0. The lowest BCUT2D eigenvalue weighted by Crippen LogP contribution is -2.45. The molecule has 29 heavy (non-hydrogen) atoms. The van der Waals surface area contributed by atoms with Gasteiger partial charge in [-0.25, -0.2) is 0 Å². The summed E-state index contributed by atoms with van der Waals surface area (Å²) in [6.45, 7) is 1.10. The van der Waals surface area contributed by atoms with Gasteiger partial charge < -0.3 is 14.8 Å². The van der Waals surface area contributed by atoms with Gasteiger partial charge in [0.15, 0.2) is 0 Å². The monoisotopic (exact) mass is 431 g/mol. The van der Waals surface area contributed by atoms with Crippen LogP contribution in [0, 0.1) is 5.92 Å². The van der Waals surface area contributed by atoms with Crippen molar-refractivity contribution in [2.24, 2.45) is 5.92 Å². The number of hydrogen-bond acceptors (Lipinski definition) is 4. The maximum atomic E-state index is 12.8. The molecule has 2 aliphatic rings. The van der Waals surface area contributed by atoms with Gasteiger partial charge in [-0.1, -0.05) is 0 Å². The summed E-state index contributed by atoms with van der Waals surface area (Å²) in [5.41, 5.74) is -2.52. The summed E-state index contributed by atoms with van der Waals surface area (Å²) in [6.07, 6.45) is -0.948. The highest BCUT2D eigenvalue weighted by Crippen LogP contribution is 2.27. The summed E-state index contributed by atoms with van der Waals surface area (Å²) < 4.78 is 39.3. The second kappa shape index (κ2) is 9.23. The highest BCUT2D eigenvalue weighted by atomic mass is 32.2. The standard InChI is InChI=1S/C19H24F3N3O3S/c20-19(21,22)15-2-1-7-25(18(15)28)12-16(26)23-14-5-3-13(4-6-14)17(27)24-8-10-29-11-9-24/h1-2,7,13-14H,3-6,8-12H2,(H,23,26). The smallest absolute Gasteiger partial charge is 0.352 e. The van der Waals surface area contributed by atoms with Crippen LogP contribution < -0.4 is 10.9 Å². The lowest BCUT2D eigenvalue weighted by atomic mass is 9.85. The summed E-state index contributed by atoms with van der Waals surface area (Å²) >= 11 is 1.85. The molecule has 1 aromatic heterocycles. The minimum absolute atomic E-state index is 0.0302. The van der Waals surface area contributed by atoms with Crippen molar-refractivity contribution in [3.8, 4) is 0 Å². The van der Waals surface area contributed by atoms with Crippen LogP contribution in [0.4, 0.5) is 13.2 Å². The van der Waals surface area contributed by atoms with Crippen molar-refractivity contribution < 1.29 is 22.8 Å². The molecule has 1 saturated carbocycles. The predicted octanol–water partition coefficient (Wildman–Crippen LogP) is 2.12. The number of nitrogens with one attached hydrogen (secondary N) is 1. The zero-order valence-corrected chi connectivity index (χ0v) is 16.7. The fraction of sp³-hybridized carbons (Fsp3) is 0.632. The normalized spacial score (nSPS) is 22.9. The van der Waals surface area contributed by atoms with Gasteiger partial charge in [-0.15, -0.1) is 0 Å². The van der Waals surface area contributed by atoms with E-state index in [2.05, 4.69) is 5.32 Å². The Morgan fingerprint density at radius 2 is 1.79 bits per heavy atom. The molecule has 2 fully saturated rings.